The third kappa shape index (κ3) is 6.84. The summed E-state index contributed by atoms with van der Waals surface area (Å²) in [6, 6.07) is 6.89. The minimum absolute atomic E-state index is 0.109. The largest absolute Gasteiger partial charge is 0.282 e. The molecule has 2 rings (SSSR count). The van der Waals surface area contributed by atoms with E-state index in [1.165, 1.54) is 69.8 Å². The fourth-order valence-corrected chi connectivity index (χ4v) is 4.46. The van der Waals surface area contributed by atoms with E-state index >= 15 is 0 Å². The summed E-state index contributed by atoms with van der Waals surface area (Å²) < 4.78 is 41.8. The molecule has 0 aliphatic heterocycles. The lowest BCUT2D eigenvalue weighted by molar-refractivity contribution is -0.0807. The molecule has 0 heterocycles. The van der Waals surface area contributed by atoms with Gasteiger partial charge in [-0.1, -0.05) is 83.1 Å². The summed E-state index contributed by atoms with van der Waals surface area (Å²) >= 11 is 0. The lowest BCUT2D eigenvalue weighted by Gasteiger charge is -2.29. The van der Waals surface area contributed by atoms with Gasteiger partial charge in [0.15, 0.2) is 6.17 Å². The predicted molar refractivity (Wildman–Crippen MR) is 108 cm³/mol. The van der Waals surface area contributed by atoms with Gasteiger partial charge >= 0.3 is 0 Å². The van der Waals surface area contributed by atoms with Gasteiger partial charge in [-0.15, -0.1) is 0 Å². The molecule has 1 aromatic rings. The molecule has 1 unspecified atom stereocenters. The Bertz CT molecular complexity index is 515. The quantitative estimate of drug-likeness (QED) is 0.335. The molecule has 1 aliphatic rings. The first-order chi connectivity index (χ1) is 13.0. The van der Waals surface area contributed by atoms with Crippen LogP contribution < -0.4 is 0 Å². The van der Waals surface area contributed by atoms with E-state index in [2.05, 4.69) is 6.92 Å². The van der Waals surface area contributed by atoms with Crippen molar-refractivity contribution < 1.29 is 13.2 Å². The average Bonchev–Trinajstić information content (AvgIpc) is 2.68. The Labute approximate surface area is 163 Å². The zero-order valence-electron chi connectivity index (χ0n) is 17.2. The van der Waals surface area contributed by atoms with E-state index in [0.717, 1.165) is 5.92 Å². The fraction of sp³-hybridized carbons (Fsp3) is 0.750. The normalized spacial score (nSPS) is 22.0. The Morgan fingerprint density at radius 3 is 2.11 bits per heavy atom. The SMILES string of the molecule is CCCCCCC[C@H]1CC[C@H](c2ccc(C(F)C(F)(F)CCC)cc2)CC1. The van der Waals surface area contributed by atoms with Crippen LogP contribution in [0.5, 0.6) is 0 Å². The second-order valence-corrected chi connectivity index (χ2v) is 8.46. The van der Waals surface area contributed by atoms with Crippen molar-refractivity contribution in [3.63, 3.8) is 0 Å². The Balaban J connectivity index is 1.79. The molecule has 154 valence electrons. The van der Waals surface area contributed by atoms with Gasteiger partial charge in [0.25, 0.3) is 5.92 Å². The van der Waals surface area contributed by atoms with Crippen molar-refractivity contribution in [3.8, 4) is 0 Å². The van der Waals surface area contributed by atoms with Crippen LogP contribution in [0.25, 0.3) is 0 Å². The van der Waals surface area contributed by atoms with Crippen LogP contribution in [-0.4, -0.2) is 5.92 Å². The first-order valence-corrected chi connectivity index (χ1v) is 11.1. The average molecular weight is 383 g/mol. The summed E-state index contributed by atoms with van der Waals surface area (Å²) in [5, 5.41) is 0. The van der Waals surface area contributed by atoms with Crippen LogP contribution in [0.3, 0.4) is 0 Å². The number of rotatable bonds is 11. The number of unbranched alkanes of at least 4 members (excludes halogenated alkanes) is 4. The van der Waals surface area contributed by atoms with E-state index in [9.17, 15) is 13.2 Å². The number of halogens is 3. The number of hydrogen-bond donors (Lipinski definition) is 0. The Morgan fingerprint density at radius 2 is 1.52 bits per heavy atom. The standard InChI is InChI=1S/C24H37F3/c1-3-5-6-7-8-9-19-10-12-20(13-11-19)21-14-16-22(17-15-21)23(25)24(26,27)18-4-2/h14-17,19-20,23H,3-13,18H2,1-2H3/t19-,20-,23?. The van der Waals surface area contributed by atoms with Crippen molar-refractivity contribution in [2.24, 2.45) is 5.92 Å². The van der Waals surface area contributed by atoms with Crippen LogP contribution >= 0.6 is 0 Å². The van der Waals surface area contributed by atoms with Crippen LogP contribution in [0.15, 0.2) is 24.3 Å². The minimum Gasteiger partial charge on any atom is -0.236 e. The molecule has 0 nitrogen and oxygen atoms in total. The van der Waals surface area contributed by atoms with E-state index in [1.54, 1.807) is 19.1 Å². The molecule has 1 aromatic carbocycles. The van der Waals surface area contributed by atoms with Crippen LogP contribution in [-0.2, 0) is 0 Å². The van der Waals surface area contributed by atoms with E-state index in [4.69, 9.17) is 0 Å². The first kappa shape index (κ1) is 22.3. The molecule has 0 spiro atoms. The van der Waals surface area contributed by atoms with Gasteiger partial charge < -0.3 is 0 Å². The number of hydrogen-bond acceptors (Lipinski definition) is 0. The third-order valence-corrected chi connectivity index (χ3v) is 6.22. The van der Waals surface area contributed by atoms with Crippen molar-refractivity contribution in [1.29, 1.82) is 0 Å². The van der Waals surface area contributed by atoms with Gasteiger partial charge in [0.2, 0.25) is 0 Å². The van der Waals surface area contributed by atoms with E-state index in [-0.39, 0.29) is 12.0 Å². The van der Waals surface area contributed by atoms with Crippen LogP contribution in [0.4, 0.5) is 13.2 Å². The Hall–Kier alpha value is -0.990. The molecule has 27 heavy (non-hydrogen) atoms. The zero-order valence-corrected chi connectivity index (χ0v) is 17.2. The molecule has 1 fully saturated rings. The van der Waals surface area contributed by atoms with Crippen molar-refractivity contribution in [1.82, 2.24) is 0 Å². The van der Waals surface area contributed by atoms with E-state index < -0.39 is 18.5 Å². The summed E-state index contributed by atoms with van der Waals surface area (Å²) in [5.74, 6) is -1.92. The van der Waals surface area contributed by atoms with Gasteiger partial charge in [-0.05, 0) is 48.6 Å². The van der Waals surface area contributed by atoms with E-state index in [1.807, 2.05) is 12.1 Å². The van der Waals surface area contributed by atoms with Gasteiger partial charge in [-0.3, -0.25) is 0 Å². The summed E-state index contributed by atoms with van der Waals surface area (Å²) in [7, 11) is 0. The molecular weight excluding hydrogens is 345 g/mol. The smallest absolute Gasteiger partial charge is 0.236 e. The lowest BCUT2D eigenvalue weighted by Crippen LogP contribution is -2.23. The summed E-state index contributed by atoms with van der Waals surface area (Å²) in [5.41, 5.74) is 1.30. The molecule has 0 saturated heterocycles. The first-order valence-electron chi connectivity index (χ1n) is 11.1. The molecule has 0 amide bonds. The molecule has 1 aliphatic carbocycles. The highest BCUT2D eigenvalue weighted by Crippen LogP contribution is 2.41. The monoisotopic (exact) mass is 382 g/mol. The molecule has 0 N–H and O–H groups in total. The van der Waals surface area contributed by atoms with Gasteiger partial charge in [0.1, 0.15) is 0 Å². The zero-order chi connectivity index (χ0) is 19.7. The lowest BCUT2D eigenvalue weighted by atomic mass is 9.77. The van der Waals surface area contributed by atoms with Crippen molar-refractivity contribution in [2.45, 2.75) is 109 Å². The fourth-order valence-electron chi connectivity index (χ4n) is 4.46. The topological polar surface area (TPSA) is 0 Å². The molecule has 1 atom stereocenters. The Kier molecular flexibility index (Phi) is 9.18. The highest BCUT2D eigenvalue weighted by molar-refractivity contribution is 5.28. The third-order valence-electron chi connectivity index (χ3n) is 6.22. The van der Waals surface area contributed by atoms with Gasteiger partial charge in [-0.25, -0.2) is 13.2 Å². The van der Waals surface area contributed by atoms with Gasteiger partial charge in [-0.2, -0.15) is 0 Å². The second-order valence-electron chi connectivity index (χ2n) is 8.46. The molecule has 3 heteroatoms. The molecule has 0 bridgehead atoms. The highest BCUT2D eigenvalue weighted by atomic mass is 19.3. The predicted octanol–water partition coefficient (Wildman–Crippen LogP) is 8.77. The molecule has 1 saturated carbocycles. The van der Waals surface area contributed by atoms with Crippen LogP contribution in [0.2, 0.25) is 0 Å². The van der Waals surface area contributed by atoms with Crippen molar-refractivity contribution in [3.05, 3.63) is 35.4 Å². The van der Waals surface area contributed by atoms with Gasteiger partial charge in [0.05, 0.1) is 0 Å². The second kappa shape index (κ2) is 11.1. The molecular formula is C24H37F3. The van der Waals surface area contributed by atoms with Gasteiger partial charge in [0, 0.05) is 6.42 Å². The highest BCUT2D eigenvalue weighted by Gasteiger charge is 2.40. The summed E-state index contributed by atoms with van der Waals surface area (Å²) in [4.78, 5) is 0. The number of benzene rings is 1. The number of alkyl halides is 3. The van der Waals surface area contributed by atoms with Crippen molar-refractivity contribution in [2.75, 3.05) is 0 Å². The maximum atomic E-state index is 14.2. The summed E-state index contributed by atoms with van der Waals surface area (Å²) in [6.07, 6.45) is 10.6. The van der Waals surface area contributed by atoms with Crippen LogP contribution in [0.1, 0.15) is 114 Å². The molecule has 0 radical (unpaired) electrons. The maximum absolute atomic E-state index is 14.2. The maximum Gasteiger partial charge on any atom is 0.282 e. The van der Waals surface area contributed by atoms with Crippen molar-refractivity contribution >= 4 is 0 Å². The Morgan fingerprint density at radius 1 is 0.889 bits per heavy atom. The molecule has 0 aromatic heterocycles. The van der Waals surface area contributed by atoms with Crippen LogP contribution in [0, 0.1) is 5.92 Å². The van der Waals surface area contributed by atoms with E-state index in [0.29, 0.717) is 5.92 Å². The summed E-state index contributed by atoms with van der Waals surface area (Å²) in [6.45, 7) is 3.91. The minimum atomic E-state index is -3.27.